The van der Waals surface area contributed by atoms with Gasteiger partial charge in [-0.1, -0.05) is 6.08 Å². The first-order valence-electron chi connectivity index (χ1n) is 2.03. The Morgan fingerprint density at radius 2 is 2.71 bits per heavy atom. The lowest BCUT2D eigenvalue weighted by molar-refractivity contribution is 1.61. The smallest absolute Gasteiger partial charge is 0.128 e. The minimum Gasteiger partial charge on any atom is -0.132 e. The van der Waals surface area contributed by atoms with Crippen molar-refractivity contribution < 1.29 is 0 Å². The molecule has 0 atom stereocenters. The molecule has 0 aliphatic carbocycles. The van der Waals surface area contributed by atoms with Gasteiger partial charge in [0, 0.05) is 0 Å². The summed E-state index contributed by atoms with van der Waals surface area (Å²) in [5.74, 6) is 0. The predicted octanol–water partition coefficient (Wildman–Crippen LogP) is 0.985. The summed E-state index contributed by atoms with van der Waals surface area (Å²) in [7, 11) is -0.498. The van der Waals surface area contributed by atoms with Crippen LogP contribution in [0.5, 0.6) is 0 Å². The maximum Gasteiger partial charge on any atom is 0.128 e. The zero-order chi connectivity index (χ0) is 5.54. The van der Waals surface area contributed by atoms with E-state index in [1.54, 1.807) is 6.08 Å². The standard InChI is InChI=1S/C3H7N3Si/c1-2-3-7-6-5-4/h2H,1,3,7H2. The fraction of sp³-hybridized carbons (Fsp3) is 0.333. The third-order valence-electron chi connectivity index (χ3n) is 0.496. The van der Waals surface area contributed by atoms with Gasteiger partial charge in [0.25, 0.3) is 0 Å². The average molecular weight is 113 g/mol. The topological polar surface area (TPSA) is 48.8 Å². The first kappa shape index (κ1) is 6.27. The van der Waals surface area contributed by atoms with E-state index >= 15 is 0 Å². The molecule has 3 nitrogen and oxygen atoms in total. The van der Waals surface area contributed by atoms with Gasteiger partial charge in [-0.3, -0.25) is 0 Å². The molecule has 0 aliphatic rings. The molecule has 0 fully saturated rings. The van der Waals surface area contributed by atoms with Gasteiger partial charge in [-0.15, -0.1) is 11.4 Å². The Labute approximate surface area is 44.6 Å². The molecular weight excluding hydrogens is 106 g/mol. The van der Waals surface area contributed by atoms with Crippen molar-refractivity contribution in [2.45, 2.75) is 6.04 Å². The summed E-state index contributed by atoms with van der Waals surface area (Å²) >= 11 is 0. The van der Waals surface area contributed by atoms with E-state index in [0.717, 1.165) is 6.04 Å². The third kappa shape index (κ3) is 5.27. The van der Waals surface area contributed by atoms with Crippen molar-refractivity contribution in [1.29, 1.82) is 0 Å². The SMILES string of the molecule is C=CC[SiH2]N=[N+]=[N-]. The molecule has 0 bridgehead atoms. The van der Waals surface area contributed by atoms with E-state index in [1.165, 1.54) is 0 Å². The zero-order valence-corrected chi connectivity index (χ0v) is 5.45. The average Bonchev–Trinajstić information content (AvgIpc) is 1.69. The normalized spacial score (nSPS) is 8.57. The molecule has 7 heavy (non-hydrogen) atoms. The van der Waals surface area contributed by atoms with E-state index in [9.17, 15) is 0 Å². The van der Waals surface area contributed by atoms with E-state index in [1.807, 2.05) is 0 Å². The number of azide groups is 1. The van der Waals surface area contributed by atoms with Crippen LogP contribution in [-0.4, -0.2) is 9.68 Å². The van der Waals surface area contributed by atoms with E-state index in [2.05, 4.69) is 16.3 Å². The van der Waals surface area contributed by atoms with Crippen molar-refractivity contribution in [1.82, 2.24) is 0 Å². The lowest BCUT2D eigenvalue weighted by Gasteiger charge is -1.73. The lowest BCUT2D eigenvalue weighted by atomic mass is 10.8. The molecule has 0 unspecified atom stereocenters. The predicted molar refractivity (Wildman–Crippen MR) is 32.7 cm³/mol. The molecule has 0 saturated carbocycles. The molecule has 0 rings (SSSR count). The van der Waals surface area contributed by atoms with E-state index < -0.39 is 9.68 Å². The molecule has 0 aromatic rings. The largest absolute Gasteiger partial charge is 0.132 e. The minimum absolute atomic E-state index is 0.498. The molecule has 0 spiro atoms. The quantitative estimate of drug-likeness (QED) is 0.131. The number of rotatable bonds is 3. The Balaban J connectivity index is 2.97. The minimum atomic E-state index is -0.498. The first-order chi connectivity index (χ1) is 3.41. The molecular formula is C3H7N3Si. The molecule has 0 heterocycles. The van der Waals surface area contributed by atoms with E-state index in [-0.39, 0.29) is 0 Å². The molecule has 38 valence electrons. The number of allylic oxidation sites excluding steroid dienone is 1. The highest BCUT2D eigenvalue weighted by atomic mass is 28.2. The van der Waals surface area contributed by atoms with Crippen molar-refractivity contribution in [2.75, 3.05) is 0 Å². The van der Waals surface area contributed by atoms with E-state index in [0.29, 0.717) is 0 Å². The Kier molecular flexibility index (Phi) is 4.72. The van der Waals surface area contributed by atoms with E-state index in [4.69, 9.17) is 5.53 Å². The van der Waals surface area contributed by atoms with Gasteiger partial charge >= 0.3 is 0 Å². The van der Waals surface area contributed by atoms with Crippen LogP contribution >= 0.6 is 0 Å². The second-order valence-corrected chi connectivity index (χ2v) is 2.34. The highest BCUT2D eigenvalue weighted by Crippen LogP contribution is 1.77. The Hall–Kier alpha value is -0.733. The second-order valence-electron chi connectivity index (χ2n) is 1.03. The fourth-order valence-electron chi connectivity index (χ4n) is 0.194. The van der Waals surface area contributed by atoms with Gasteiger partial charge in [0.1, 0.15) is 9.68 Å². The number of hydrogen-bond donors (Lipinski definition) is 0. The third-order valence-corrected chi connectivity index (χ3v) is 1.49. The molecule has 0 aromatic carbocycles. The molecule has 0 amide bonds. The van der Waals surface area contributed by atoms with Crippen LogP contribution in [0, 0.1) is 0 Å². The highest BCUT2D eigenvalue weighted by molar-refractivity contribution is 6.33. The number of hydrogen-bond acceptors (Lipinski definition) is 1. The molecule has 0 aromatic heterocycles. The van der Waals surface area contributed by atoms with Gasteiger partial charge in [0.15, 0.2) is 0 Å². The van der Waals surface area contributed by atoms with Gasteiger partial charge in [-0.25, -0.2) is 0 Å². The van der Waals surface area contributed by atoms with Crippen LogP contribution in [0.4, 0.5) is 0 Å². The number of nitrogens with zero attached hydrogens (tertiary/aromatic N) is 3. The van der Waals surface area contributed by atoms with Crippen LogP contribution in [0.15, 0.2) is 17.4 Å². The van der Waals surface area contributed by atoms with Gasteiger partial charge < -0.3 is 0 Å². The second kappa shape index (κ2) is 5.27. The van der Waals surface area contributed by atoms with Crippen molar-refractivity contribution in [3.63, 3.8) is 0 Å². The van der Waals surface area contributed by atoms with Crippen molar-refractivity contribution in [2.24, 2.45) is 4.78 Å². The molecule has 4 heteroatoms. The summed E-state index contributed by atoms with van der Waals surface area (Å²) in [6.45, 7) is 3.48. The van der Waals surface area contributed by atoms with Crippen LogP contribution < -0.4 is 0 Å². The van der Waals surface area contributed by atoms with Crippen LogP contribution in [-0.2, 0) is 0 Å². The molecule has 0 saturated heterocycles. The summed E-state index contributed by atoms with van der Waals surface area (Å²) in [6, 6.07) is 0.907. The fourth-order valence-corrected chi connectivity index (χ4v) is 0.581. The summed E-state index contributed by atoms with van der Waals surface area (Å²) < 4.78 is 3.41. The monoisotopic (exact) mass is 113 g/mol. The highest BCUT2D eigenvalue weighted by Gasteiger charge is 1.71. The Bertz CT molecular complexity index is 94.4. The van der Waals surface area contributed by atoms with Crippen molar-refractivity contribution in [3.8, 4) is 0 Å². The van der Waals surface area contributed by atoms with Gasteiger partial charge in [0.05, 0.1) is 0 Å². The molecule has 0 N–H and O–H groups in total. The van der Waals surface area contributed by atoms with Crippen LogP contribution in [0.3, 0.4) is 0 Å². The molecule has 0 radical (unpaired) electrons. The van der Waals surface area contributed by atoms with Crippen molar-refractivity contribution >= 4 is 9.68 Å². The van der Waals surface area contributed by atoms with Gasteiger partial charge in [-0.2, -0.15) is 0 Å². The lowest BCUT2D eigenvalue weighted by Crippen LogP contribution is -1.74. The summed E-state index contributed by atoms with van der Waals surface area (Å²) in [5, 5.41) is 0. The maximum atomic E-state index is 7.75. The summed E-state index contributed by atoms with van der Waals surface area (Å²) in [6.07, 6.45) is 1.78. The van der Waals surface area contributed by atoms with Crippen LogP contribution in [0.25, 0.3) is 10.4 Å². The maximum absolute atomic E-state index is 7.75. The van der Waals surface area contributed by atoms with Gasteiger partial charge in [0.2, 0.25) is 0 Å². The molecule has 0 aliphatic heterocycles. The van der Waals surface area contributed by atoms with Crippen LogP contribution in [0.1, 0.15) is 0 Å². The summed E-state index contributed by atoms with van der Waals surface area (Å²) in [4.78, 5) is 2.61. The first-order valence-corrected chi connectivity index (χ1v) is 3.67. The summed E-state index contributed by atoms with van der Waals surface area (Å²) in [5.41, 5.74) is 7.75. The van der Waals surface area contributed by atoms with Crippen molar-refractivity contribution in [3.05, 3.63) is 23.1 Å². The van der Waals surface area contributed by atoms with Crippen LogP contribution in [0.2, 0.25) is 6.04 Å². The Morgan fingerprint density at radius 3 is 3.14 bits per heavy atom. The zero-order valence-electron chi connectivity index (χ0n) is 4.04. The Morgan fingerprint density at radius 1 is 2.00 bits per heavy atom. The van der Waals surface area contributed by atoms with Gasteiger partial charge in [-0.05, 0) is 16.5 Å².